The van der Waals surface area contributed by atoms with Crippen molar-refractivity contribution < 1.29 is 9.59 Å². The lowest BCUT2D eigenvalue weighted by Crippen LogP contribution is -2.35. The van der Waals surface area contributed by atoms with E-state index in [-0.39, 0.29) is 24.2 Å². The molecule has 2 N–H and O–H groups in total. The van der Waals surface area contributed by atoms with E-state index in [4.69, 9.17) is 0 Å². The summed E-state index contributed by atoms with van der Waals surface area (Å²) in [5.41, 5.74) is 1.57. The van der Waals surface area contributed by atoms with Crippen molar-refractivity contribution in [2.24, 2.45) is 11.8 Å². The zero-order chi connectivity index (χ0) is 24.1. The van der Waals surface area contributed by atoms with Crippen molar-refractivity contribution in [1.29, 1.82) is 0 Å². The molecule has 1 unspecified atom stereocenters. The molecule has 3 aromatic rings. The van der Waals surface area contributed by atoms with Gasteiger partial charge in [-0.1, -0.05) is 50.7 Å². The average Bonchev–Trinajstić information content (AvgIpc) is 3.42. The molecule has 1 aliphatic rings. The van der Waals surface area contributed by atoms with Crippen LogP contribution in [0.3, 0.4) is 0 Å². The highest BCUT2D eigenvalue weighted by Crippen LogP contribution is 2.26. The predicted octanol–water partition coefficient (Wildman–Crippen LogP) is 3.18. The van der Waals surface area contributed by atoms with Crippen molar-refractivity contribution in [3.05, 3.63) is 36.5 Å². The van der Waals surface area contributed by atoms with Crippen molar-refractivity contribution in [2.75, 3.05) is 35.6 Å². The minimum absolute atomic E-state index is 0.0245. The molecule has 3 heterocycles. The molecule has 1 fully saturated rings. The molecule has 34 heavy (non-hydrogen) atoms. The summed E-state index contributed by atoms with van der Waals surface area (Å²) in [6.07, 6.45) is 1.99. The standard InChI is InChI=1S/C24H31N7O2S/c1-4-34-24-28-21(26-13-16(2)3)19-14-27-31(22(19)29-24)11-10-25-23(33)17-12-20(32)30(15-17)18-8-6-5-7-9-18/h5-9,14,16-17H,4,10-13,15H2,1-3H3,(H,25,33)(H,26,28,29). The third kappa shape index (κ3) is 5.49. The fraction of sp³-hybridized carbons (Fsp3) is 0.458. The van der Waals surface area contributed by atoms with Gasteiger partial charge in [0.2, 0.25) is 11.8 Å². The van der Waals surface area contributed by atoms with Crippen molar-refractivity contribution in [3.63, 3.8) is 0 Å². The fourth-order valence-electron chi connectivity index (χ4n) is 3.90. The summed E-state index contributed by atoms with van der Waals surface area (Å²) in [7, 11) is 0. The van der Waals surface area contributed by atoms with Crippen LogP contribution >= 0.6 is 11.8 Å². The number of para-hydroxylation sites is 1. The maximum Gasteiger partial charge on any atom is 0.227 e. The maximum absolute atomic E-state index is 12.7. The first kappa shape index (κ1) is 24.0. The fourth-order valence-corrected chi connectivity index (χ4v) is 4.46. The van der Waals surface area contributed by atoms with E-state index in [1.165, 1.54) is 0 Å². The number of hydrogen-bond acceptors (Lipinski definition) is 7. The molecule has 0 saturated carbocycles. The van der Waals surface area contributed by atoms with Crippen molar-refractivity contribution in [3.8, 4) is 0 Å². The van der Waals surface area contributed by atoms with Crippen LogP contribution in [0.2, 0.25) is 0 Å². The van der Waals surface area contributed by atoms with Gasteiger partial charge in [-0.2, -0.15) is 5.10 Å². The van der Waals surface area contributed by atoms with E-state index >= 15 is 0 Å². The number of carbonyl (C=O) groups is 2. The molecule has 0 aliphatic carbocycles. The number of benzene rings is 1. The van der Waals surface area contributed by atoms with E-state index in [1.807, 2.05) is 30.3 Å². The van der Waals surface area contributed by atoms with Crippen LogP contribution in [0.25, 0.3) is 11.0 Å². The van der Waals surface area contributed by atoms with Gasteiger partial charge < -0.3 is 15.5 Å². The highest BCUT2D eigenvalue weighted by atomic mass is 32.2. The molecular formula is C24H31N7O2S. The van der Waals surface area contributed by atoms with Gasteiger partial charge in [-0.15, -0.1) is 0 Å². The first-order valence-electron chi connectivity index (χ1n) is 11.7. The number of carbonyl (C=O) groups excluding carboxylic acids is 2. The Bertz CT molecular complexity index is 1150. The summed E-state index contributed by atoms with van der Waals surface area (Å²) in [5.74, 6) is 1.65. The Labute approximate surface area is 203 Å². The molecule has 180 valence electrons. The number of anilines is 2. The first-order valence-corrected chi connectivity index (χ1v) is 12.7. The van der Waals surface area contributed by atoms with E-state index in [1.54, 1.807) is 27.5 Å². The average molecular weight is 482 g/mol. The van der Waals surface area contributed by atoms with Crippen LogP contribution in [0.5, 0.6) is 0 Å². The van der Waals surface area contributed by atoms with Crippen LogP contribution in [0.4, 0.5) is 11.5 Å². The second-order valence-corrected chi connectivity index (χ2v) is 9.93. The predicted molar refractivity (Wildman–Crippen MR) is 135 cm³/mol. The van der Waals surface area contributed by atoms with Crippen LogP contribution < -0.4 is 15.5 Å². The number of fused-ring (bicyclic) bond motifs is 1. The first-order chi connectivity index (χ1) is 16.5. The van der Waals surface area contributed by atoms with Gasteiger partial charge in [-0.3, -0.25) is 9.59 Å². The molecular weight excluding hydrogens is 450 g/mol. The third-order valence-corrected chi connectivity index (χ3v) is 6.34. The minimum Gasteiger partial charge on any atom is -0.369 e. The quantitative estimate of drug-likeness (QED) is 0.338. The number of nitrogens with one attached hydrogen (secondary N) is 2. The molecule has 1 atom stereocenters. The number of nitrogens with zero attached hydrogens (tertiary/aromatic N) is 5. The van der Waals surface area contributed by atoms with Gasteiger partial charge in [-0.25, -0.2) is 14.6 Å². The van der Waals surface area contributed by atoms with Crippen molar-refractivity contribution >= 4 is 46.1 Å². The summed E-state index contributed by atoms with van der Waals surface area (Å²) in [6.45, 7) is 8.46. The van der Waals surface area contributed by atoms with Gasteiger partial charge in [0.1, 0.15) is 5.82 Å². The Morgan fingerprint density at radius 2 is 2.03 bits per heavy atom. The summed E-state index contributed by atoms with van der Waals surface area (Å²) in [5, 5.41) is 12.4. The van der Waals surface area contributed by atoms with Gasteiger partial charge in [0.15, 0.2) is 10.8 Å². The van der Waals surface area contributed by atoms with Crippen molar-refractivity contribution in [1.82, 2.24) is 25.1 Å². The van der Waals surface area contributed by atoms with E-state index in [0.717, 1.165) is 34.8 Å². The summed E-state index contributed by atoms with van der Waals surface area (Å²) < 4.78 is 1.80. The number of rotatable bonds is 10. The summed E-state index contributed by atoms with van der Waals surface area (Å²) >= 11 is 1.59. The van der Waals surface area contributed by atoms with Crippen LogP contribution in [0.1, 0.15) is 27.2 Å². The highest BCUT2D eigenvalue weighted by molar-refractivity contribution is 7.99. The van der Waals surface area contributed by atoms with E-state index in [2.05, 4.69) is 46.5 Å². The Kier molecular flexibility index (Phi) is 7.66. The largest absolute Gasteiger partial charge is 0.369 e. The molecule has 4 rings (SSSR count). The zero-order valence-electron chi connectivity index (χ0n) is 19.8. The molecule has 1 aromatic carbocycles. The lowest BCUT2D eigenvalue weighted by atomic mass is 10.1. The Morgan fingerprint density at radius 1 is 1.24 bits per heavy atom. The number of amides is 2. The lowest BCUT2D eigenvalue weighted by molar-refractivity contribution is -0.126. The molecule has 9 nitrogen and oxygen atoms in total. The van der Waals surface area contributed by atoms with Crippen LogP contribution in [0.15, 0.2) is 41.7 Å². The summed E-state index contributed by atoms with van der Waals surface area (Å²) in [4.78, 5) is 36.2. The van der Waals surface area contributed by atoms with Crippen LogP contribution in [-0.2, 0) is 16.1 Å². The topological polar surface area (TPSA) is 105 Å². The highest BCUT2D eigenvalue weighted by Gasteiger charge is 2.34. The monoisotopic (exact) mass is 481 g/mol. The molecule has 1 aliphatic heterocycles. The van der Waals surface area contributed by atoms with Crippen molar-refractivity contribution in [2.45, 2.75) is 38.9 Å². The molecule has 0 radical (unpaired) electrons. The van der Waals surface area contributed by atoms with Crippen LogP contribution in [0, 0.1) is 11.8 Å². The van der Waals surface area contributed by atoms with Gasteiger partial charge in [0, 0.05) is 31.7 Å². The Balaban J connectivity index is 1.39. The molecule has 1 saturated heterocycles. The number of aromatic nitrogens is 4. The SMILES string of the molecule is CCSc1nc(NCC(C)C)c2cnn(CCNC(=O)C3CC(=O)N(c4ccccc4)C3)c2n1. The molecule has 2 amide bonds. The normalized spacial score (nSPS) is 15.9. The minimum atomic E-state index is -0.358. The van der Waals surface area contributed by atoms with E-state index < -0.39 is 0 Å². The number of thioether (sulfide) groups is 1. The smallest absolute Gasteiger partial charge is 0.227 e. The van der Waals surface area contributed by atoms with Gasteiger partial charge in [-0.05, 0) is 23.8 Å². The Hall–Kier alpha value is -3.14. The third-order valence-electron chi connectivity index (χ3n) is 5.61. The lowest BCUT2D eigenvalue weighted by Gasteiger charge is -2.16. The molecule has 2 aromatic heterocycles. The molecule has 0 bridgehead atoms. The molecule has 0 spiro atoms. The maximum atomic E-state index is 12.7. The van der Waals surface area contributed by atoms with Gasteiger partial charge >= 0.3 is 0 Å². The second-order valence-electron chi connectivity index (χ2n) is 8.70. The van der Waals surface area contributed by atoms with Gasteiger partial charge in [0.05, 0.1) is 24.0 Å². The number of hydrogen-bond donors (Lipinski definition) is 2. The Morgan fingerprint density at radius 3 is 2.76 bits per heavy atom. The molecule has 10 heteroatoms. The second kappa shape index (κ2) is 10.9. The van der Waals surface area contributed by atoms with E-state index in [9.17, 15) is 9.59 Å². The van der Waals surface area contributed by atoms with Gasteiger partial charge in [0.25, 0.3) is 0 Å². The van der Waals surface area contributed by atoms with E-state index in [0.29, 0.717) is 30.7 Å². The van der Waals surface area contributed by atoms with Crippen LogP contribution in [-0.4, -0.2) is 56.9 Å². The zero-order valence-corrected chi connectivity index (χ0v) is 20.6. The summed E-state index contributed by atoms with van der Waals surface area (Å²) in [6, 6.07) is 9.46.